The molecule has 1 unspecified atom stereocenters. The van der Waals surface area contributed by atoms with Crippen molar-refractivity contribution in [1.82, 2.24) is 0 Å². The summed E-state index contributed by atoms with van der Waals surface area (Å²) in [5, 5.41) is 9.67. The van der Waals surface area contributed by atoms with Crippen LogP contribution in [0.3, 0.4) is 0 Å². The number of aliphatic hydroxyl groups is 1. The van der Waals surface area contributed by atoms with E-state index in [1.165, 1.54) is 5.56 Å². The number of rotatable bonds is 9. The highest BCUT2D eigenvalue weighted by molar-refractivity contribution is 5.27. The zero-order valence-corrected chi connectivity index (χ0v) is 11.4. The third-order valence-corrected chi connectivity index (χ3v) is 2.85. The Labute approximate surface area is 110 Å². The molecule has 0 aliphatic rings. The monoisotopic (exact) mass is 252 g/mol. The molecule has 0 aromatic heterocycles. The van der Waals surface area contributed by atoms with Gasteiger partial charge in [0.2, 0.25) is 0 Å². The maximum absolute atomic E-state index is 9.67. The van der Waals surface area contributed by atoms with Gasteiger partial charge < -0.3 is 14.6 Å². The van der Waals surface area contributed by atoms with Crippen LogP contribution in [-0.2, 0) is 11.2 Å². The lowest BCUT2D eigenvalue weighted by atomic mass is 10.1. The molecule has 0 heterocycles. The van der Waals surface area contributed by atoms with Crippen molar-refractivity contribution in [3.63, 3.8) is 0 Å². The molecule has 1 N–H and O–H groups in total. The summed E-state index contributed by atoms with van der Waals surface area (Å²) in [5.41, 5.74) is 1.23. The van der Waals surface area contributed by atoms with Crippen molar-refractivity contribution in [2.75, 3.05) is 20.3 Å². The molecule has 1 aromatic rings. The summed E-state index contributed by atoms with van der Waals surface area (Å²) in [7, 11) is 1.70. The third kappa shape index (κ3) is 6.03. The molecule has 1 aromatic carbocycles. The van der Waals surface area contributed by atoms with Crippen LogP contribution in [0.1, 0.15) is 31.7 Å². The molecule has 0 saturated heterocycles. The Bertz CT molecular complexity index is 308. The summed E-state index contributed by atoms with van der Waals surface area (Å²) in [6.45, 7) is 3.22. The maximum Gasteiger partial charge on any atom is 0.119 e. The van der Waals surface area contributed by atoms with Crippen molar-refractivity contribution < 1.29 is 14.6 Å². The number of ether oxygens (including phenoxy) is 2. The van der Waals surface area contributed by atoms with Gasteiger partial charge in [-0.05, 0) is 30.5 Å². The van der Waals surface area contributed by atoms with Crippen molar-refractivity contribution in [3.8, 4) is 5.75 Å². The lowest BCUT2D eigenvalue weighted by Crippen LogP contribution is -2.17. The zero-order valence-electron chi connectivity index (χ0n) is 11.4. The van der Waals surface area contributed by atoms with E-state index < -0.39 is 0 Å². The summed E-state index contributed by atoms with van der Waals surface area (Å²) in [6.07, 6.45) is 3.50. The minimum atomic E-state index is -0.363. The second kappa shape index (κ2) is 8.95. The van der Waals surface area contributed by atoms with Crippen LogP contribution >= 0.6 is 0 Å². The molecule has 0 aliphatic carbocycles. The summed E-state index contributed by atoms with van der Waals surface area (Å²) in [6, 6.07) is 7.95. The molecule has 0 fully saturated rings. The van der Waals surface area contributed by atoms with E-state index in [4.69, 9.17) is 9.47 Å². The Balaban J connectivity index is 2.30. The molecule has 1 rings (SSSR count). The van der Waals surface area contributed by atoms with Gasteiger partial charge in [0.25, 0.3) is 0 Å². The molecule has 0 amide bonds. The van der Waals surface area contributed by atoms with Crippen LogP contribution in [0.25, 0.3) is 0 Å². The smallest absolute Gasteiger partial charge is 0.119 e. The highest BCUT2D eigenvalue weighted by Gasteiger charge is 2.04. The minimum absolute atomic E-state index is 0.363. The van der Waals surface area contributed by atoms with Gasteiger partial charge in [0.15, 0.2) is 0 Å². The number of hydrogen-bond acceptors (Lipinski definition) is 3. The molecule has 0 bridgehead atoms. The van der Waals surface area contributed by atoms with Crippen molar-refractivity contribution in [2.45, 2.75) is 38.7 Å². The molecule has 18 heavy (non-hydrogen) atoms. The fraction of sp³-hybridized carbons (Fsp3) is 0.600. The van der Waals surface area contributed by atoms with E-state index in [0.717, 1.165) is 38.0 Å². The van der Waals surface area contributed by atoms with E-state index in [2.05, 4.69) is 6.92 Å². The first-order chi connectivity index (χ1) is 8.76. The van der Waals surface area contributed by atoms with E-state index in [1.807, 2.05) is 24.3 Å². The first-order valence-electron chi connectivity index (χ1n) is 6.65. The lowest BCUT2D eigenvalue weighted by Gasteiger charge is -2.12. The standard InChI is InChI=1S/C15H24O3/c1-3-4-5-14(16)12-18-15-8-6-13(7-9-15)10-11-17-2/h6-9,14,16H,3-5,10-12H2,1-2H3. The Morgan fingerprint density at radius 1 is 1.22 bits per heavy atom. The predicted octanol–water partition coefficient (Wildman–Crippen LogP) is 2.81. The molecule has 102 valence electrons. The van der Waals surface area contributed by atoms with Crippen LogP contribution in [-0.4, -0.2) is 31.5 Å². The molecule has 3 nitrogen and oxygen atoms in total. The second-order valence-electron chi connectivity index (χ2n) is 4.49. The minimum Gasteiger partial charge on any atom is -0.491 e. The van der Waals surface area contributed by atoms with E-state index in [1.54, 1.807) is 7.11 Å². The van der Waals surface area contributed by atoms with Gasteiger partial charge in [0.1, 0.15) is 12.4 Å². The second-order valence-corrected chi connectivity index (χ2v) is 4.49. The Hall–Kier alpha value is -1.06. The third-order valence-electron chi connectivity index (χ3n) is 2.85. The topological polar surface area (TPSA) is 38.7 Å². The Morgan fingerprint density at radius 2 is 1.94 bits per heavy atom. The molecule has 0 aliphatic heterocycles. The van der Waals surface area contributed by atoms with Crippen molar-refractivity contribution in [1.29, 1.82) is 0 Å². The number of hydrogen-bond donors (Lipinski definition) is 1. The van der Waals surface area contributed by atoms with Crippen molar-refractivity contribution in [2.24, 2.45) is 0 Å². The number of unbranched alkanes of at least 4 members (excludes halogenated alkanes) is 1. The molecular formula is C15H24O3. The number of aliphatic hydroxyl groups excluding tert-OH is 1. The van der Waals surface area contributed by atoms with E-state index in [-0.39, 0.29) is 6.10 Å². The molecule has 3 heteroatoms. The van der Waals surface area contributed by atoms with Crippen LogP contribution in [0.4, 0.5) is 0 Å². The van der Waals surface area contributed by atoms with Gasteiger partial charge in [-0.25, -0.2) is 0 Å². The molecule has 0 radical (unpaired) electrons. The van der Waals surface area contributed by atoms with Crippen LogP contribution in [0, 0.1) is 0 Å². The van der Waals surface area contributed by atoms with Crippen LogP contribution in [0.5, 0.6) is 5.75 Å². The SMILES string of the molecule is CCCCC(O)COc1ccc(CCOC)cc1. The van der Waals surface area contributed by atoms with E-state index >= 15 is 0 Å². The molecule has 1 atom stereocenters. The summed E-state index contributed by atoms with van der Waals surface area (Å²) in [4.78, 5) is 0. The Morgan fingerprint density at radius 3 is 2.56 bits per heavy atom. The number of methoxy groups -OCH3 is 1. The zero-order chi connectivity index (χ0) is 13.2. The van der Waals surface area contributed by atoms with Gasteiger partial charge in [-0.3, -0.25) is 0 Å². The van der Waals surface area contributed by atoms with E-state index in [0.29, 0.717) is 6.61 Å². The first kappa shape index (κ1) is 15.0. The highest BCUT2D eigenvalue weighted by atomic mass is 16.5. The fourth-order valence-corrected chi connectivity index (χ4v) is 1.69. The van der Waals surface area contributed by atoms with Gasteiger partial charge in [0.05, 0.1) is 12.7 Å². The Kier molecular flexibility index (Phi) is 7.46. The molecule has 0 spiro atoms. The van der Waals surface area contributed by atoms with Gasteiger partial charge in [-0.2, -0.15) is 0 Å². The quantitative estimate of drug-likeness (QED) is 0.734. The van der Waals surface area contributed by atoms with Gasteiger partial charge in [-0.15, -0.1) is 0 Å². The number of benzene rings is 1. The predicted molar refractivity (Wildman–Crippen MR) is 73.0 cm³/mol. The largest absolute Gasteiger partial charge is 0.491 e. The lowest BCUT2D eigenvalue weighted by molar-refractivity contribution is 0.0980. The molecular weight excluding hydrogens is 228 g/mol. The van der Waals surface area contributed by atoms with Crippen molar-refractivity contribution >= 4 is 0 Å². The highest BCUT2D eigenvalue weighted by Crippen LogP contribution is 2.13. The summed E-state index contributed by atoms with van der Waals surface area (Å²) >= 11 is 0. The normalized spacial score (nSPS) is 12.4. The molecule has 0 saturated carbocycles. The van der Waals surface area contributed by atoms with E-state index in [9.17, 15) is 5.11 Å². The van der Waals surface area contributed by atoms with Gasteiger partial charge in [-0.1, -0.05) is 31.9 Å². The van der Waals surface area contributed by atoms with Crippen LogP contribution in [0.2, 0.25) is 0 Å². The first-order valence-corrected chi connectivity index (χ1v) is 6.65. The van der Waals surface area contributed by atoms with Crippen LogP contribution < -0.4 is 4.74 Å². The average molecular weight is 252 g/mol. The average Bonchev–Trinajstić information content (AvgIpc) is 2.41. The summed E-state index contributed by atoms with van der Waals surface area (Å²) in [5.74, 6) is 0.812. The van der Waals surface area contributed by atoms with Gasteiger partial charge in [0, 0.05) is 7.11 Å². The fourth-order valence-electron chi connectivity index (χ4n) is 1.69. The van der Waals surface area contributed by atoms with Crippen LogP contribution in [0.15, 0.2) is 24.3 Å². The summed E-state index contributed by atoms with van der Waals surface area (Å²) < 4.78 is 10.6. The maximum atomic E-state index is 9.67. The van der Waals surface area contributed by atoms with Crippen molar-refractivity contribution in [3.05, 3.63) is 29.8 Å². The van der Waals surface area contributed by atoms with Gasteiger partial charge >= 0.3 is 0 Å².